The molecule has 4 N–H and O–H groups in total. The SMILES string of the molecule is C[C@@H]1O[C@@H](OCCCCCCCCCC[C@@H](O)CC(=O)O)[C@H](O)C[C@H]1OC(=O)c1c[nH]c2ccccc12. The van der Waals surface area contributed by atoms with E-state index in [2.05, 4.69) is 4.98 Å². The first-order valence-electron chi connectivity index (χ1n) is 13.5. The molecule has 1 aliphatic heterocycles. The van der Waals surface area contributed by atoms with Crippen LogP contribution in [-0.2, 0) is 19.0 Å². The van der Waals surface area contributed by atoms with Gasteiger partial charge in [-0.25, -0.2) is 4.79 Å². The maximum atomic E-state index is 12.7. The minimum atomic E-state index is -0.956. The van der Waals surface area contributed by atoms with Gasteiger partial charge in [0, 0.05) is 30.1 Å². The number of esters is 1. The topological polar surface area (TPSA) is 138 Å². The van der Waals surface area contributed by atoms with Crippen molar-refractivity contribution in [2.45, 2.75) is 108 Å². The molecule has 1 aromatic carbocycles. The molecule has 0 spiro atoms. The number of aliphatic hydroxyl groups excluding tert-OH is 2. The van der Waals surface area contributed by atoms with Crippen LogP contribution in [0.3, 0.4) is 0 Å². The fourth-order valence-corrected chi connectivity index (χ4v) is 4.71. The number of para-hydroxylation sites is 1. The lowest BCUT2D eigenvalue weighted by Crippen LogP contribution is -2.48. The highest BCUT2D eigenvalue weighted by Crippen LogP contribution is 2.26. The number of carbonyl (C=O) groups excluding carboxylic acids is 1. The molecule has 0 bridgehead atoms. The van der Waals surface area contributed by atoms with Crippen molar-refractivity contribution in [1.82, 2.24) is 4.98 Å². The van der Waals surface area contributed by atoms with Gasteiger partial charge in [-0.15, -0.1) is 0 Å². The zero-order valence-electron chi connectivity index (χ0n) is 21.6. The Labute approximate surface area is 218 Å². The number of ether oxygens (including phenoxy) is 3. The summed E-state index contributed by atoms with van der Waals surface area (Å²) in [6, 6.07) is 7.52. The molecule has 9 nitrogen and oxygen atoms in total. The maximum absolute atomic E-state index is 12.7. The summed E-state index contributed by atoms with van der Waals surface area (Å²) in [4.78, 5) is 26.3. The van der Waals surface area contributed by atoms with Crippen LogP contribution in [0.25, 0.3) is 10.9 Å². The first kappa shape index (κ1) is 29.1. The Hall–Kier alpha value is -2.46. The molecule has 5 atom stereocenters. The first-order valence-corrected chi connectivity index (χ1v) is 13.5. The van der Waals surface area contributed by atoms with E-state index in [9.17, 15) is 19.8 Å². The summed E-state index contributed by atoms with van der Waals surface area (Å²) in [5.41, 5.74) is 1.33. The van der Waals surface area contributed by atoms with Crippen molar-refractivity contribution < 1.29 is 39.1 Å². The molecule has 0 amide bonds. The predicted molar refractivity (Wildman–Crippen MR) is 138 cm³/mol. The third-order valence-corrected chi connectivity index (χ3v) is 6.85. The number of aliphatic carboxylic acids is 1. The fraction of sp³-hybridized carbons (Fsp3) is 0.643. The third kappa shape index (κ3) is 9.41. The van der Waals surface area contributed by atoms with Crippen molar-refractivity contribution in [2.75, 3.05) is 6.61 Å². The number of unbranched alkanes of at least 4 members (excludes halogenated alkanes) is 7. The molecule has 1 aliphatic rings. The van der Waals surface area contributed by atoms with Crippen molar-refractivity contribution >= 4 is 22.8 Å². The van der Waals surface area contributed by atoms with Gasteiger partial charge in [0.15, 0.2) is 6.29 Å². The smallest absolute Gasteiger partial charge is 0.340 e. The minimum Gasteiger partial charge on any atom is -0.481 e. The average Bonchev–Trinajstić information content (AvgIpc) is 3.29. The van der Waals surface area contributed by atoms with Crippen LogP contribution in [0.5, 0.6) is 0 Å². The monoisotopic (exact) mass is 519 g/mol. The Morgan fingerprint density at radius 1 is 1.08 bits per heavy atom. The summed E-state index contributed by atoms with van der Waals surface area (Å²) in [6.45, 7) is 2.32. The number of rotatable bonds is 16. The number of nitrogens with one attached hydrogen (secondary N) is 1. The van der Waals surface area contributed by atoms with E-state index in [1.807, 2.05) is 31.2 Å². The van der Waals surface area contributed by atoms with E-state index in [0.717, 1.165) is 62.3 Å². The number of aliphatic hydroxyl groups is 2. The van der Waals surface area contributed by atoms with Gasteiger partial charge in [0.1, 0.15) is 12.2 Å². The van der Waals surface area contributed by atoms with Crippen molar-refractivity contribution in [3.05, 3.63) is 36.0 Å². The van der Waals surface area contributed by atoms with Gasteiger partial charge in [0.05, 0.1) is 24.2 Å². The Morgan fingerprint density at radius 3 is 2.49 bits per heavy atom. The summed E-state index contributed by atoms with van der Waals surface area (Å²) in [6.07, 6.45) is 7.17. The number of benzene rings is 1. The highest BCUT2D eigenvalue weighted by Gasteiger charge is 2.38. The molecule has 0 aliphatic carbocycles. The van der Waals surface area contributed by atoms with Gasteiger partial charge in [-0.1, -0.05) is 63.1 Å². The number of H-pyrrole nitrogens is 1. The molecule has 37 heavy (non-hydrogen) atoms. The van der Waals surface area contributed by atoms with Crippen molar-refractivity contribution in [2.24, 2.45) is 0 Å². The van der Waals surface area contributed by atoms with E-state index in [0.29, 0.717) is 18.6 Å². The van der Waals surface area contributed by atoms with E-state index in [1.54, 1.807) is 6.20 Å². The van der Waals surface area contributed by atoms with Crippen molar-refractivity contribution in [3.8, 4) is 0 Å². The summed E-state index contributed by atoms with van der Waals surface area (Å²) in [7, 11) is 0. The van der Waals surface area contributed by atoms with Crippen LogP contribution in [0.2, 0.25) is 0 Å². The summed E-state index contributed by atoms with van der Waals surface area (Å²) < 4.78 is 17.3. The highest BCUT2D eigenvalue weighted by molar-refractivity contribution is 6.04. The van der Waals surface area contributed by atoms with E-state index in [-0.39, 0.29) is 12.8 Å². The largest absolute Gasteiger partial charge is 0.481 e. The predicted octanol–water partition coefficient (Wildman–Crippen LogP) is 4.55. The molecular weight excluding hydrogens is 478 g/mol. The zero-order chi connectivity index (χ0) is 26.6. The van der Waals surface area contributed by atoms with Crippen LogP contribution >= 0.6 is 0 Å². The van der Waals surface area contributed by atoms with Crippen LogP contribution < -0.4 is 0 Å². The number of carboxylic acid groups (broad SMARTS) is 1. The number of carboxylic acids is 1. The molecular formula is C28H41NO8. The Bertz CT molecular complexity index is 976. The second kappa shape index (κ2) is 15.1. The first-order chi connectivity index (χ1) is 17.8. The lowest BCUT2D eigenvalue weighted by Gasteiger charge is -2.37. The second-order valence-corrected chi connectivity index (χ2v) is 9.94. The number of aromatic nitrogens is 1. The summed E-state index contributed by atoms with van der Waals surface area (Å²) in [5, 5.41) is 29.5. The number of fused-ring (bicyclic) bond motifs is 1. The molecule has 0 unspecified atom stereocenters. The van der Waals surface area contributed by atoms with Crippen LogP contribution in [0.15, 0.2) is 30.5 Å². The van der Waals surface area contributed by atoms with Gasteiger partial charge in [-0.2, -0.15) is 0 Å². The normalized spacial score (nSPS) is 22.7. The van der Waals surface area contributed by atoms with Crippen molar-refractivity contribution in [1.29, 1.82) is 0 Å². The fourth-order valence-electron chi connectivity index (χ4n) is 4.71. The van der Waals surface area contributed by atoms with Gasteiger partial charge < -0.3 is 34.5 Å². The van der Waals surface area contributed by atoms with E-state index in [1.165, 1.54) is 0 Å². The molecule has 1 fully saturated rings. The van der Waals surface area contributed by atoms with E-state index in [4.69, 9.17) is 19.3 Å². The highest BCUT2D eigenvalue weighted by atomic mass is 16.7. The Balaban J connectivity index is 1.24. The molecule has 0 radical (unpaired) electrons. The number of hydrogen-bond acceptors (Lipinski definition) is 7. The van der Waals surface area contributed by atoms with Crippen molar-refractivity contribution in [3.63, 3.8) is 0 Å². The summed E-state index contributed by atoms with van der Waals surface area (Å²) in [5.74, 6) is -1.40. The standard InChI is InChI=1S/C28H41NO8/c1-19-25(37-27(34)22-18-29-23-14-10-9-13-21(22)23)17-24(31)28(36-19)35-15-11-7-5-3-2-4-6-8-12-20(30)16-26(32)33/h9-10,13-14,18-20,24-25,28-31H,2-8,11-12,15-17H2,1H3,(H,32,33)/t19-,20+,24+,25+,28+/m0/s1. The van der Waals surface area contributed by atoms with Gasteiger partial charge in [0.25, 0.3) is 0 Å². The maximum Gasteiger partial charge on any atom is 0.340 e. The van der Waals surface area contributed by atoms with Crippen LogP contribution in [0, 0.1) is 0 Å². The molecule has 206 valence electrons. The molecule has 0 saturated carbocycles. The zero-order valence-corrected chi connectivity index (χ0v) is 21.6. The van der Waals surface area contributed by atoms with Gasteiger partial charge in [0.2, 0.25) is 0 Å². The molecule has 1 aromatic heterocycles. The molecule has 1 saturated heterocycles. The van der Waals surface area contributed by atoms with E-state index < -0.39 is 42.6 Å². The summed E-state index contributed by atoms with van der Waals surface area (Å²) >= 11 is 0. The average molecular weight is 520 g/mol. The quantitative estimate of drug-likeness (QED) is 0.187. The number of aromatic amines is 1. The Morgan fingerprint density at radius 2 is 1.76 bits per heavy atom. The molecule has 2 heterocycles. The van der Waals surface area contributed by atoms with Crippen LogP contribution in [0.1, 0.15) is 87.9 Å². The molecule has 3 rings (SSSR count). The number of hydrogen-bond donors (Lipinski definition) is 4. The molecule has 9 heteroatoms. The van der Waals surface area contributed by atoms with Gasteiger partial charge in [-0.3, -0.25) is 4.79 Å². The third-order valence-electron chi connectivity index (χ3n) is 6.85. The Kier molecular flexibility index (Phi) is 11.9. The molecule has 2 aromatic rings. The lowest BCUT2D eigenvalue weighted by molar-refractivity contribution is -0.260. The van der Waals surface area contributed by atoms with Crippen LogP contribution in [0.4, 0.5) is 0 Å². The van der Waals surface area contributed by atoms with Gasteiger partial charge in [-0.05, 0) is 25.8 Å². The lowest BCUT2D eigenvalue weighted by atomic mass is 10.0. The van der Waals surface area contributed by atoms with E-state index >= 15 is 0 Å². The number of carbonyl (C=O) groups is 2. The van der Waals surface area contributed by atoms with Gasteiger partial charge >= 0.3 is 11.9 Å². The van der Waals surface area contributed by atoms with Crippen LogP contribution in [-0.4, -0.2) is 69.6 Å². The second-order valence-electron chi connectivity index (χ2n) is 9.94. The minimum absolute atomic E-state index is 0.177.